The third-order valence-electron chi connectivity index (χ3n) is 3.91. The number of hydrogen-bond donors (Lipinski definition) is 2. The van der Waals surface area contributed by atoms with Crippen LogP contribution in [0, 0.1) is 11.3 Å². The Hall–Kier alpha value is -1.29. The maximum Gasteiger partial charge on any atom is 0.252 e. The van der Waals surface area contributed by atoms with Crippen molar-refractivity contribution >= 4 is 23.3 Å². The van der Waals surface area contributed by atoms with Gasteiger partial charge in [0, 0.05) is 19.3 Å². The minimum absolute atomic E-state index is 0.0511. The third-order valence-corrected chi connectivity index (χ3v) is 4.20. The lowest BCUT2D eigenvalue weighted by atomic mass is 9.81. The number of rotatable bonds is 7. The average molecular weight is 312 g/mol. The second kappa shape index (κ2) is 7.64. The zero-order chi connectivity index (χ0) is 16.0. The summed E-state index contributed by atoms with van der Waals surface area (Å²) in [4.78, 5) is 16.4. The highest BCUT2D eigenvalue weighted by atomic mass is 35.5. The summed E-state index contributed by atoms with van der Waals surface area (Å²) in [6.07, 6.45) is 2.55. The summed E-state index contributed by atoms with van der Waals surface area (Å²) in [5, 5.41) is 6.55. The summed E-state index contributed by atoms with van der Waals surface area (Å²) < 4.78 is 0. The first kappa shape index (κ1) is 17.8. The average Bonchev–Trinajstić information content (AvgIpc) is 2.43. The Bertz CT molecular complexity index is 486. The molecule has 0 aromatic carbocycles. The van der Waals surface area contributed by atoms with E-state index in [9.17, 15) is 4.79 Å². The fraction of sp³-hybridized carbons (Fsp3) is 0.625. The van der Waals surface area contributed by atoms with E-state index in [-0.39, 0.29) is 11.3 Å². The molecule has 21 heavy (non-hydrogen) atoms. The summed E-state index contributed by atoms with van der Waals surface area (Å²) in [7, 11) is 0. The zero-order valence-electron chi connectivity index (χ0n) is 13.6. The van der Waals surface area contributed by atoms with Gasteiger partial charge in [0.15, 0.2) is 0 Å². The molecule has 0 aliphatic carbocycles. The van der Waals surface area contributed by atoms with E-state index in [2.05, 4.69) is 50.2 Å². The molecule has 0 aliphatic rings. The molecule has 4 nitrogen and oxygen atoms in total. The van der Waals surface area contributed by atoms with Gasteiger partial charge < -0.3 is 10.6 Å². The first-order valence-electron chi connectivity index (χ1n) is 7.45. The Morgan fingerprint density at radius 1 is 1.43 bits per heavy atom. The standard InChI is InChI=1S/C16H26ClN3O/c1-6-7-18-14-13(17)8-12(9-19-14)15(21)20-10-16(4,5)11(2)3/h8-9,11H,6-7,10H2,1-5H3,(H,18,19)(H,20,21). The van der Waals surface area contributed by atoms with Crippen molar-refractivity contribution in [2.45, 2.75) is 41.0 Å². The molecule has 1 aromatic heterocycles. The molecule has 118 valence electrons. The molecule has 0 spiro atoms. The van der Waals surface area contributed by atoms with Gasteiger partial charge >= 0.3 is 0 Å². The van der Waals surface area contributed by atoms with Gasteiger partial charge in [-0.2, -0.15) is 0 Å². The summed E-state index contributed by atoms with van der Waals surface area (Å²) in [5.41, 5.74) is 0.539. The summed E-state index contributed by atoms with van der Waals surface area (Å²) >= 11 is 6.14. The molecular formula is C16H26ClN3O. The Balaban J connectivity index is 2.69. The van der Waals surface area contributed by atoms with Crippen molar-refractivity contribution in [3.63, 3.8) is 0 Å². The molecule has 0 radical (unpaired) electrons. The normalized spacial score (nSPS) is 11.6. The molecule has 1 amide bonds. The topological polar surface area (TPSA) is 54.0 Å². The molecule has 1 rings (SSSR count). The Kier molecular flexibility index (Phi) is 6.46. The van der Waals surface area contributed by atoms with E-state index in [1.54, 1.807) is 12.3 Å². The number of carbonyl (C=O) groups excluding carboxylic acids is 1. The summed E-state index contributed by atoms with van der Waals surface area (Å²) in [6, 6.07) is 1.66. The fourth-order valence-corrected chi connectivity index (χ4v) is 1.78. The highest BCUT2D eigenvalue weighted by Crippen LogP contribution is 2.25. The van der Waals surface area contributed by atoms with Gasteiger partial charge in [-0.05, 0) is 23.8 Å². The van der Waals surface area contributed by atoms with Crippen molar-refractivity contribution in [3.8, 4) is 0 Å². The number of halogens is 1. The van der Waals surface area contributed by atoms with Crippen LogP contribution in [0.25, 0.3) is 0 Å². The molecule has 0 saturated heterocycles. The predicted molar refractivity (Wildman–Crippen MR) is 89.0 cm³/mol. The van der Waals surface area contributed by atoms with E-state index < -0.39 is 0 Å². The van der Waals surface area contributed by atoms with Crippen LogP contribution in [0.15, 0.2) is 12.3 Å². The molecular weight excluding hydrogens is 286 g/mol. The van der Waals surface area contributed by atoms with Gasteiger partial charge in [-0.25, -0.2) is 4.98 Å². The molecule has 0 aliphatic heterocycles. The zero-order valence-corrected chi connectivity index (χ0v) is 14.3. The lowest BCUT2D eigenvalue weighted by molar-refractivity contribution is 0.0924. The monoisotopic (exact) mass is 311 g/mol. The molecule has 0 fully saturated rings. The highest BCUT2D eigenvalue weighted by Gasteiger charge is 2.23. The molecule has 0 bridgehead atoms. The van der Waals surface area contributed by atoms with Crippen LogP contribution in [0.2, 0.25) is 5.02 Å². The number of nitrogens with zero attached hydrogens (tertiary/aromatic N) is 1. The van der Waals surface area contributed by atoms with Crippen LogP contribution in [-0.2, 0) is 0 Å². The lowest BCUT2D eigenvalue weighted by Gasteiger charge is -2.29. The maximum atomic E-state index is 12.2. The number of anilines is 1. The minimum atomic E-state index is -0.139. The van der Waals surface area contributed by atoms with E-state index in [0.717, 1.165) is 13.0 Å². The van der Waals surface area contributed by atoms with Crippen LogP contribution in [0.3, 0.4) is 0 Å². The second-order valence-corrected chi connectivity index (χ2v) is 6.71. The van der Waals surface area contributed by atoms with Crippen molar-refractivity contribution in [2.24, 2.45) is 11.3 Å². The van der Waals surface area contributed by atoms with E-state index in [4.69, 9.17) is 11.6 Å². The van der Waals surface area contributed by atoms with Crippen molar-refractivity contribution in [3.05, 3.63) is 22.8 Å². The molecule has 1 aromatic rings. The third kappa shape index (κ3) is 5.20. The van der Waals surface area contributed by atoms with Crippen LogP contribution in [0.1, 0.15) is 51.4 Å². The van der Waals surface area contributed by atoms with E-state index in [1.165, 1.54) is 0 Å². The number of pyridine rings is 1. The maximum absolute atomic E-state index is 12.2. The van der Waals surface area contributed by atoms with Crippen LogP contribution < -0.4 is 10.6 Å². The predicted octanol–water partition coefficient (Wildman–Crippen LogP) is 3.97. The van der Waals surface area contributed by atoms with Crippen molar-refractivity contribution in [2.75, 3.05) is 18.4 Å². The van der Waals surface area contributed by atoms with E-state index >= 15 is 0 Å². The molecule has 0 unspecified atom stereocenters. The van der Waals surface area contributed by atoms with Crippen LogP contribution in [-0.4, -0.2) is 24.0 Å². The summed E-state index contributed by atoms with van der Waals surface area (Å²) in [5.74, 6) is 0.970. The Morgan fingerprint density at radius 2 is 2.10 bits per heavy atom. The van der Waals surface area contributed by atoms with Crippen LogP contribution in [0.4, 0.5) is 5.82 Å². The van der Waals surface area contributed by atoms with Gasteiger partial charge in [-0.15, -0.1) is 0 Å². The first-order valence-corrected chi connectivity index (χ1v) is 7.83. The molecule has 2 N–H and O–H groups in total. The minimum Gasteiger partial charge on any atom is -0.369 e. The highest BCUT2D eigenvalue weighted by molar-refractivity contribution is 6.33. The number of hydrogen-bond acceptors (Lipinski definition) is 3. The quantitative estimate of drug-likeness (QED) is 0.801. The smallest absolute Gasteiger partial charge is 0.252 e. The van der Waals surface area contributed by atoms with Crippen molar-refractivity contribution in [1.82, 2.24) is 10.3 Å². The Morgan fingerprint density at radius 3 is 2.62 bits per heavy atom. The van der Waals surface area contributed by atoms with E-state index in [1.807, 2.05) is 0 Å². The fourth-order valence-electron chi connectivity index (χ4n) is 1.55. The molecule has 0 saturated carbocycles. The molecule has 0 atom stereocenters. The van der Waals surface area contributed by atoms with Gasteiger partial charge in [0.05, 0.1) is 10.6 Å². The van der Waals surface area contributed by atoms with Gasteiger partial charge in [0.25, 0.3) is 5.91 Å². The number of amides is 1. The van der Waals surface area contributed by atoms with Gasteiger partial charge in [-0.1, -0.05) is 46.2 Å². The number of carbonyl (C=O) groups is 1. The van der Waals surface area contributed by atoms with Crippen LogP contribution in [0.5, 0.6) is 0 Å². The largest absolute Gasteiger partial charge is 0.369 e. The Labute approximate surface area is 132 Å². The number of nitrogens with one attached hydrogen (secondary N) is 2. The van der Waals surface area contributed by atoms with Gasteiger partial charge in [-0.3, -0.25) is 4.79 Å². The van der Waals surface area contributed by atoms with Crippen molar-refractivity contribution < 1.29 is 4.79 Å². The van der Waals surface area contributed by atoms with Crippen molar-refractivity contribution in [1.29, 1.82) is 0 Å². The van der Waals surface area contributed by atoms with E-state index in [0.29, 0.717) is 28.9 Å². The van der Waals surface area contributed by atoms with Gasteiger partial charge in [0.2, 0.25) is 0 Å². The molecule has 1 heterocycles. The second-order valence-electron chi connectivity index (χ2n) is 6.31. The SMILES string of the molecule is CCCNc1ncc(C(=O)NCC(C)(C)C(C)C)cc1Cl. The summed E-state index contributed by atoms with van der Waals surface area (Å²) in [6.45, 7) is 12.1. The lowest BCUT2D eigenvalue weighted by Crippen LogP contribution is -2.37. The van der Waals surface area contributed by atoms with Gasteiger partial charge in [0.1, 0.15) is 5.82 Å². The first-order chi connectivity index (χ1) is 9.77. The van der Waals surface area contributed by atoms with Crippen LogP contribution >= 0.6 is 11.6 Å². The molecule has 5 heteroatoms. The number of aromatic nitrogens is 1.